The molecule has 2 aromatic carbocycles. The van der Waals surface area contributed by atoms with Crippen LogP contribution in [0.1, 0.15) is 25.0 Å². The van der Waals surface area contributed by atoms with Crippen LogP contribution in [0.15, 0.2) is 36.4 Å². The minimum Gasteiger partial charge on any atom is -0.504 e. The van der Waals surface area contributed by atoms with Gasteiger partial charge in [-0.3, -0.25) is 0 Å². The van der Waals surface area contributed by atoms with E-state index < -0.39 is 0 Å². The fourth-order valence-corrected chi connectivity index (χ4v) is 2.30. The van der Waals surface area contributed by atoms with E-state index in [1.54, 1.807) is 0 Å². The maximum Gasteiger partial charge on any atom is 0.165 e. The molecule has 0 spiro atoms. The van der Waals surface area contributed by atoms with Crippen LogP contribution in [-0.2, 0) is 12.8 Å². The zero-order valence-corrected chi connectivity index (χ0v) is 10.8. The third-order valence-electron chi connectivity index (χ3n) is 3.29. The second-order valence-corrected chi connectivity index (χ2v) is 4.33. The average molecular weight is 242 g/mol. The summed E-state index contributed by atoms with van der Waals surface area (Å²) >= 11 is 0. The molecule has 0 aliphatic heterocycles. The lowest BCUT2D eigenvalue weighted by atomic mass is 9.94. The smallest absolute Gasteiger partial charge is 0.165 e. The van der Waals surface area contributed by atoms with Crippen molar-refractivity contribution in [3.63, 3.8) is 0 Å². The minimum absolute atomic E-state index is 0.0183. The standard InChI is InChI=1S/C16H18O2/c1-3-11-10-14(12-8-6-5-7-9-12)16(18)15(17)13(11)4-2/h5-10,17-18H,3-4H2,1-2H3. The molecular weight excluding hydrogens is 224 g/mol. The first-order valence-corrected chi connectivity index (χ1v) is 6.31. The van der Waals surface area contributed by atoms with Gasteiger partial charge in [0.15, 0.2) is 11.5 Å². The van der Waals surface area contributed by atoms with E-state index >= 15 is 0 Å². The van der Waals surface area contributed by atoms with E-state index in [4.69, 9.17) is 0 Å². The molecule has 0 aromatic heterocycles. The van der Waals surface area contributed by atoms with Crippen LogP contribution >= 0.6 is 0 Å². The Morgan fingerprint density at radius 3 is 2.11 bits per heavy atom. The lowest BCUT2D eigenvalue weighted by Crippen LogP contribution is -1.94. The van der Waals surface area contributed by atoms with Gasteiger partial charge in [0.05, 0.1) is 0 Å². The van der Waals surface area contributed by atoms with Crippen LogP contribution in [0.25, 0.3) is 11.1 Å². The van der Waals surface area contributed by atoms with Crippen LogP contribution < -0.4 is 0 Å². The normalized spacial score (nSPS) is 10.6. The quantitative estimate of drug-likeness (QED) is 0.802. The first-order chi connectivity index (χ1) is 8.69. The van der Waals surface area contributed by atoms with Gasteiger partial charge >= 0.3 is 0 Å². The molecule has 0 atom stereocenters. The van der Waals surface area contributed by atoms with Crippen LogP contribution in [-0.4, -0.2) is 10.2 Å². The van der Waals surface area contributed by atoms with Crippen molar-refractivity contribution in [3.05, 3.63) is 47.5 Å². The van der Waals surface area contributed by atoms with Gasteiger partial charge < -0.3 is 10.2 Å². The van der Waals surface area contributed by atoms with Crippen molar-refractivity contribution in [3.8, 4) is 22.6 Å². The van der Waals surface area contributed by atoms with Crippen molar-refractivity contribution in [2.75, 3.05) is 0 Å². The van der Waals surface area contributed by atoms with E-state index in [1.165, 1.54) is 0 Å². The Balaban J connectivity index is 2.66. The van der Waals surface area contributed by atoms with Crippen molar-refractivity contribution in [1.82, 2.24) is 0 Å². The van der Waals surface area contributed by atoms with Gasteiger partial charge in [-0.1, -0.05) is 44.2 Å². The second-order valence-electron chi connectivity index (χ2n) is 4.33. The summed E-state index contributed by atoms with van der Waals surface area (Å²) in [4.78, 5) is 0. The predicted molar refractivity (Wildman–Crippen MR) is 74.0 cm³/mol. The van der Waals surface area contributed by atoms with Gasteiger partial charge in [0, 0.05) is 11.1 Å². The topological polar surface area (TPSA) is 40.5 Å². The van der Waals surface area contributed by atoms with Gasteiger partial charge in [-0.2, -0.15) is 0 Å². The number of hydrogen-bond donors (Lipinski definition) is 2. The second kappa shape index (κ2) is 5.13. The van der Waals surface area contributed by atoms with E-state index in [0.29, 0.717) is 5.56 Å². The zero-order valence-electron chi connectivity index (χ0n) is 10.8. The molecule has 2 rings (SSSR count). The highest BCUT2D eigenvalue weighted by Crippen LogP contribution is 2.41. The SMILES string of the molecule is CCc1cc(-c2ccccc2)c(O)c(O)c1CC. The van der Waals surface area contributed by atoms with Gasteiger partial charge in [0.1, 0.15) is 0 Å². The molecule has 0 fully saturated rings. The molecule has 18 heavy (non-hydrogen) atoms. The van der Waals surface area contributed by atoms with E-state index in [2.05, 4.69) is 6.92 Å². The highest BCUT2D eigenvalue weighted by Gasteiger charge is 2.15. The molecule has 0 saturated heterocycles. The van der Waals surface area contributed by atoms with E-state index in [-0.39, 0.29) is 11.5 Å². The van der Waals surface area contributed by atoms with Crippen molar-refractivity contribution < 1.29 is 10.2 Å². The number of hydrogen-bond acceptors (Lipinski definition) is 2. The molecular formula is C16H18O2. The van der Waals surface area contributed by atoms with Crippen LogP contribution in [0.4, 0.5) is 0 Å². The number of phenolic OH excluding ortho intramolecular Hbond substituents is 2. The van der Waals surface area contributed by atoms with Gasteiger partial charge in [-0.05, 0) is 30.0 Å². The predicted octanol–water partition coefficient (Wildman–Crippen LogP) is 3.89. The molecule has 0 bridgehead atoms. The summed E-state index contributed by atoms with van der Waals surface area (Å²) in [6.07, 6.45) is 1.56. The Morgan fingerprint density at radius 2 is 1.56 bits per heavy atom. The average Bonchev–Trinajstić information content (AvgIpc) is 2.42. The molecule has 94 valence electrons. The fourth-order valence-electron chi connectivity index (χ4n) is 2.30. The molecule has 0 aliphatic rings. The lowest BCUT2D eigenvalue weighted by Gasteiger charge is -2.14. The molecule has 0 heterocycles. The summed E-state index contributed by atoms with van der Waals surface area (Å²) in [5, 5.41) is 20.2. The first-order valence-electron chi connectivity index (χ1n) is 6.31. The maximum atomic E-state index is 10.1. The van der Waals surface area contributed by atoms with Crippen LogP contribution in [0, 0.1) is 0 Å². The molecule has 2 nitrogen and oxygen atoms in total. The Bertz CT molecular complexity index is 545. The van der Waals surface area contributed by atoms with Crippen molar-refractivity contribution in [1.29, 1.82) is 0 Å². The molecule has 2 aromatic rings. The Morgan fingerprint density at radius 1 is 0.889 bits per heavy atom. The van der Waals surface area contributed by atoms with Crippen molar-refractivity contribution in [2.45, 2.75) is 26.7 Å². The molecule has 0 aliphatic carbocycles. The summed E-state index contributed by atoms with van der Waals surface area (Å²) in [5.41, 5.74) is 3.55. The molecule has 0 amide bonds. The highest BCUT2D eigenvalue weighted by atomic mass is 16.3. The van der Waals surface area contributed by atoms with Gasteiger partial charge in [0.25, 0.3) is 0 Å². The minimum atomic E-state index is -0.0183. The fraction of sp³-hybridized carbons (Fsp3) is 0.250. The summed E-state index contributed by atoms with van der Waals surface area (Å²) in [6.45, 7) is 4.04. The number of rotatable bonds is 3. The Kier molecular flexibility index (Phi) is 3.56. The van der Waals surface area contributed by atoms with Crippen LogP contribution in [0.3, 0.4) is 0 Å². The lowest BCUT2D eigenvalue weighted by molar-refractivity contribution is 0.400. The largest absolute Gasteiger partial charge is 0.504 e. The third kappa shape index (κ3) is 2.06. The van der Waals surface area contributed by atoms with Gasteiger partial charge in [0.2, 0.25) is 0 Å². The van der Waals surface area contributed by atoms with Gasteiger partial charge in [-0.25, -0.2) is 0 Å². The van der Waals surface area contributed by atoms with Crippen LogP contribution in [0.5, 0.6) is 11.5 Å². The zero-order chi connectivity index (χ0) is 13.1. The molecule has 0 saturated carbocycles. The Labute approximate surface area is 108 Å². The number of benzene rings is 2. The number of aryl methyl sites for hydroxylation is 1. The maximum absolute atomic E-state index is 10.1. The van der Waals surface area contributed by atoms with Crippen LogP contribution in [0.2, 0.25) is 0 Å². The molecule has 0 unspecified atom stereocenters. The van der Waals surface area contributed by atoms with Gasteiger partial charge in [-0.15, -0.1) is 0 Å². The molecule has 0 radical (unpaired) electrons. The monoisotopic (exact) mass is 242 g/mol. The van der Waals surface area contributed by atoms with E-state index in [9.17, 15) is 10.2 Å². The highest BCUT2D eigenvalue weighted by molar-refractivity contribution is 5.75. The third-order valence-corrected chi connectivity index (χ3v) is 3.29. The molecule has 2 N–H and O–H groups in total. The summed E-state index contributed by atoms with van der Waals surface area (Å²) in [5.74, 6) is 0.00551. The number of phenols is 2. The Hall–Kier alpha value is -1.96. The summed E-state index contributed by atoms with van der Waals surface area (Å²) in [6, 6.07) is 11.6. The van der Waals surface area contributed by atoms with Crippen molar-refractivity contribution in [2.24, 2.45) is 0 Å². The summed E-state index contributed by atoms with van der Waals surface area (Å²) < 4.78 is 0. The summed E-state index contributed by atoms with van der Waals surface area (Å²) in [7, 11) is 0. The molecule has 2 heteroatoms. The van der Waals surface area contributed by atoms with E-state index in [1.807, 2.05) is 43.3 Å². The number of aromatic hydroxyl groups is 2. The van der Waals surface area contributed by atoms with Crippen molar-refractivity contribution >= 4 is 0 Å². The van der Waals surface area contributed by atoms with E-state index in [0.717, 1.165) is 29.5 Å². The first kappa shape index (κ1) is 12.5.